The lowest BCUT2D eigenvalue weighted by atomic mass is 10.1. The largest absolute Gasteiger partial charge is 0.366 e. The molecule has 0 aliphatic heterocycles. The van der Waals surface area contributed by atoms with Crippen LogP contribution in [0.3, 0.4) is 0 Å². The van der Waals surface area contributed by atoms with Gasteiger partial charge < -0.3 is 11.1 Å². The fraction of sp³-hybridized carbons (Fsp3) is 0.105. The van der Waals surface area contributed by atoms with Crippen molar-refractivity contribution in [1.82, 2.24) is 10.3 Å². The van der Waals surface area contributed by atoms with Crippen LogP contribution in [0.25, 0.3) is 10.9 Å². The third-order valence-corrected chi connectivity index (χ3v) is 3.82. The molecule has 3 rings (SSSR count). The zero-order valence-electron chi connectivity index (χ0n) is 13.3. The van der Waals surface area contributed by atoms with E-state index in [4.69, 9.17) is 5.73 Å². The minimum Gasteiger partial charge on any atom is -0.366 e. The summed E-state index contributed by atoms with van der Waals surface area (Å²) < 4.78 is 13.8. The number of aromatic nitrogens is 1. The van der Waals surface area contributed by atoms with Crippen LogP contribution in [-0.2, 0) is 6.42 Å². The summed E-state index contributed by atoms with van der Waals surface area (Å²) in [5, 5.41) is 3.67. The van der Waals surface area contributed by atoms with E-state index in [9.17, 15) is 14.0 Å². The van der Waals surface area contributed by atoms with E-state index in [1.165, 1.54) is 6.07 Å². The molecular formula is C19H16FN3O2. The number of nitrogens with two attached hydrogens (primary N) is 1. The molecule has 0 radical (unpaired) electrons. The van der Waals surface area contributed by atoms with Gasteiger partial charge >= 0.3 is 0 Å². The molecule has 0 atom stereocenters. The van der Waals surface area contributed by atoms with Crippen LogP contribution in [0.2, 0.25) is 0 Å². The quantitative estimate of drug-likeness (QED) is 0.750. The second kappa shape index (κ2) is 7.09. The first kappa shape index (κ1) is 16.6. The molecule has 3 aromatic rings. The number of primary amides is 1. The number of hydrogen-bond acceptors (Lipinski definition) is 3. The molecule has 1 aromatic heterocycles. The fourth-order valence-corrected chi connectivity index (χ4v) is 2.50. The maximum atomic E-state index is 13.8. The molecule has 0 spiro atoms. The van der Waals surface area contributed by atoms with E-state index in [-0.39, 0.29) is 11.1 Å². The summed E-state index contributed by atoms with van der Waals surface area (Å²) in [6, 6.07) is 15.1. The highest BCUT2D eigenvalue weighted by Crippen LogP contribution is 2.13. The molecular weight excluding hydrogens is 321 g/mol. The van der Waals surface area contributed by atoms with Gasteiger partial charge in [-0.3, -0.25) is 14.6 Å². The second-order valence-electron chi connectivity index (χ2n) is 5.56. The number of nitrogens with one attached hydrogen (secondary N) is 1. The molecule has 25 heavy (non-hydrogen) atoms. The first-order chi connectivity index (χ1) is 12.0. The van der Waals surface area contributed by atoms with Crippen LogP contribution in [0.15, 0.2) is 54.6 Å². The van der Waals surface area contributed by atoms with Gasteiger partial charge in [0.1, 0.15) is 5.82 Å². The van der Waals surface area contributed by atoms with Crippen molar-refractivity contribution >= 4 is 22.7 Å². The van der Waals surface area contributed by atoms with E-state index in [0.29, 0.717) is 13.0 Å². The van der Waals surface area contributed by atoms with Crippen molar-refractivity contribution in [3.8, 4) is 0 Å². The van der Waals surface area contributed by atoms with E-state index in [2.05, 4.69) is 10.3 Å². The lowest BCUT2D eigenvalue weighted by Gasteiger charge is -2.07. The summed E-state index contributed by atoms with van der Waals surface area (Å²) in [6.07, 6.45) is 0.508. The second-order valence-corrected chi connectivity index (χ2v) is 5.56. The minimum atomic E-state index is -0.714. The molecule has 0 aliphatic rings. The Morgan fingerprint density at radius 2 is 1.88 bits per heavy atom. The van der Waals surface area contributed by atoms with Gasteiger partial charge in [-0.2, -0.15) is 0 Å². The number of amides is 2. The Bertz CT molecular complexity index is 956. The number of para-hydroxylation sites is 1. The Morgan fingerprint density at radius 3 is 2.68 bits per heavy atom. The van der Waals surface area contributed by atoms with Crippen LogP contribution in [-0.4, -0.2) is 23.3 Å². The zero-order chi connectivity index (χ0) is 17.8. The Balaban J connectivity index is 1.66. The summed E-state index contributed by atoms with van der Waals surface area (Å²) in [7, 11) is 0. The molecule has 0 saturated carbocycles. The molecule has 6 heteroatoms. The van der Waals surface area contributed by atoms with E-state index >= 15 is 0 Å². The Kier molecular flexibility index (Phi) is 4.70. The highest BCUT2D eigenvalue weighted by atomic mass is 19.1. The molecule has 3 N–H and O–H groups in total. The summed E-state index contributed by atoms with van der Waals surface area (Å²) >= 11 is 0. The van der Waals surface area contributed by atoms with Crippen molar-refractivity contribution in [3.05, 3.63) is 77.2 Å². The summed E-state index contributed by atoms with van der Waals surface area (Å²) in [5.74, 6) is -2.01. The number of hydrogen-bond donors (Lipinski definition) is 2. The van der Waals surface area contributed by atoms with Crippen LogP contribution >= 0.6 is 0 Å². The number of fused-ring (bicyclic) bond motifs is 1. The fourth-order valence-electron chi connectivity index (χ4n) is 2.50. The van der Waals surface area contributed by atoms with E-state index in [0.717, 1.165) is 28.7 Å². The number of nitrogens with zero attached hydrogens (tertiary/aromatic N) is 1. The van der Waals surface area contributed by atoms with Gasteiger partial charge in [-0.15, -0.1) is 0 Å². The number of benzene rings is 2. The standard InChI is InChI=1S/C19H16FN3O2/c20-16-8-6-13(18(21)24)11-15(16)19(25)22-10-9-14-7-5-12-3-1-2-4-17(12)23-14/h1-8,11H,9-10H2,(H2,21,24)(H,22,25). The number of pyridine rings is 1. The van der Waals surface area contributed by atoms with Gasteiger partial charge in [-0.05, 0) is 30.3 Å². The monoisotopic (exact) mass is 337 g/mol. The molecule has 0 saturated heterocycles. The predicted octanol–water partition coefficient (Wildman–Crippen LogP) is 2.45. The SMILES string of the molecule is NC(=O)c1ccc(F)c(C(=O)NCCc2ccc3ccccc3n2)c1. The van der Waals surface area contributed by atoms with Gasteiger partial charge in [0.05, 0.1) is 11.1 Å². The molecule has 2 amide bonds. The number of halogens is 1. The molecule has 1 heterocycles. The van der Waals surface area contributed by atoms with Crippen LogP contribution in [0.5, 0.6) is 0 Å². The zero-order valence-corrected chi connectivity index (χ0v) is 13.3. The number of rotatable bonds is 5. The van der Waals surface area contributed by atoms with Crippen LogP contribution in [0, 0.1) is 5.82 Å². The third-order valence-electron chi connectivity index (χ3n) is 3.82. The van der Waals surface area contributed by atoms with Crippen molar-refractivity contribution in [2.45, 2.75) is 6.42 Å². The highest BCUT2D eigenvalue weighted by Gasteiger charge is 2.14. The van der Waals surface area contributed by atoms with Crippen molar-refractivity contribution in [3.63, 3.8) is 0 Å². The molecule has 0 aliphatic carbocycles. The average molecular weight is 337 g/mol. The Hall–Kier alpha value is -3.28. The third kappa shape index (κ3) is 3.80. The highest BCUT2D eigenvalue weighted by molar-refractivity contribution is 5.99. The Morgan fingerprint density at radius 1 is 1.08 bits per heavy atom. The number of carbonyl (C=O) groups excluding carboxylic acids is 2. The lowest BCUT2D eigenvalue weighted by Crippen LogP contribution is -2.27. The molecule has 5 nitrogen and oxygen atoms in total. The van der Waals surface area contributed by atoms with Crippen molar-refractivity contribution in [1.29, 1.82) is 0 Å². The Labute approximate surface area is 143 Å². The maximum absolute atomic E-state index is 13.8. The van der Waals surface area contributed by atoms with Gasteiger partial charge in [0.25, 0.3) is 5.91 Å². The summed E-state index contributed by atoms with van der Waals surface area (Å²) in [6.45, 7) is 0.296. The van der Waals surface area contributed by atoms with Crippen molar-refractivity contribution in [2.75, 3.05) is 6.54 Å². The molecule has 2 aromatic carbocycles. The van der Waals surface area contributed by atoms with Gasteiger partial charge in [0.2, 0.25) is 5.91 Å². The molecule has 0 bridgehead atoms. The van der Waals surface area contributed by atoms with Gasteiger partial charge in [-0.1, -0.05) is 24.3 Å². The molecule has 126 valence electrons. The van der Waals surface area contributed by atoms with E-state index in [1.54, 1.807) is 0 Å². The van der Waals surface area contributed by atoms with Crippen molar-refractivity contribution in [2.24, 2.45) is 5.73 Å². The van der Waals surface area contributed by atoms with Crippen molar-refractivity contribution < 1.29 is 14.0 Å². The minimum absolute atomic E-state index is 0.0859. The molecule has 0 unspecified atom stereocenters. The summed E-state index contributed by atoms with van der Waals surface area (Å²) in [4.78, 5) is 27.8. The van der Waals surface area contributed by atoms with Crippen LogP contribution < -0.4 is 11.1 Å². The average Bonchev–Trinajstić information content (AvgIpc) is 2.61. The lowest BCUT2D eigenvalue weighted by molar-refractivity contribution is 0.0950. The topological polar surface area (TPSA) is 85.1 Å². The summed E-state index contributed by atoms with van der Waals surface area (Å²) in [5.41, 5.74) is 6.74. The predicted molar refractivity (Wildman–Crippen MR) is 92.7 cm³/mol. The van der Waals surface area contributed by atoms with Crippen LogP contribution in [0.4, 0.5) is 4.39 Å². The first-order valence-electron chi connectivity index (χ1n) is 7.77. The molecule has 0 fully saturated rings. The van der Waals surface area contributed by atoms with E-state index < -0.39 is 17.6 Å². The normalized spacial score (nSPS) is 10.6. The smallest absolute Gasteiger partial charge is 0.254 e. The first-order valence-corrected chi connectivity index (χ1v) is 7.77. The number of carbonyl (C=O) groups is 2. The van der Waals surface area contributed by atoms with Gasteiger partial charge in [0.15, 0.2) is 0 Å². The maximum Gasteiger partial charge on any atom is 0.254 e. The van der Waals surface area contributed by atoms with Gasteiger partial charge in [-0.25, -0.2) is 4.39 Å². The van der Waals surface area contributed by atoms with Crippen LogP contribution in [0.1, 0.15) is 26.4 Å². The van der Waals surface area contributed by atoms with Gasteiger partial charge in [0, 0.05) is 29.6 Å². The van der Waals surface area contributed by atoms with E-state index in [1.807, 2.05) is 36.4 Å².